The van der Waals surface area contributed by atoms with Gasteiger partial charge in [-0.2, -0.15) is 0 Å². The van der Waals surface area contributed by atoms with Gasteiger partial charge in [0.25, 0.3) is 0 Å². The quantitative estimate of drug-likeness (QED) is 0.880. The molecular weight excluding hydrogens is 308 g/mol. The van der Waals surface area contributed by atoms with E-state index >= 15 is 0 Å². The number of nitrogens with zero attached hydrogens (tertiary/aromatic N) is 2. The predicted octanol–water partition coefficient (Wildman–Crippen LogP) is 2.10. The van der Waals surface area contributed by atoms with E-state index < -0.39 is 0 Å². The molecule has 1 aromatic heterocycles. The molecule has 7 nitrogen and oxygen atoms in total. The molecule has 2 atom stereocenters. The molecule has 7 heteroatoms. The largest absolute Gasteiger partial charge is 0.486 e. The lowest BCUT2D eigenvalue weighted by atomic mass is 10.1. The minimum atomic E-state index is -0.204. The second kappa shape index (κ2) is 7.25. The Kier molecular flexibility index (Phi) is 4.88. The standard InChI is InChI=1S/C17H22N4O3/c1-12(10-21-6-5-18-11-21)19-17(22)20-13(2)14-3-4-15-16(9-14)24-8-7-23-15/h3-6,9,11-13H,7-8,10H2,1-2H3,(H2,19,20,22)/t12-,13-/m0/s1. The van der Waals surface area contributed by atoms with Crippen LogP contribution >= 0.6 is 0 Å². The number of aromatic nitrogens is 2. The Morgan fingerprint density at radius 1 is 1.25 bits per heavy atom. The average Bonchev–Trinajstić information content (AvgIpc) is 3.06. The fourth-order valence-corrected chi connectivity index (χ4v) is 2.63. The minimum Gasteiger partial charge on any atom is -0.486 e. The molecular formula is C17H22N4O3. The number of imidazole rings is 1. The van der Waals surface area contributed by atoms with Gasteiger partial charge in [-0.25, -0.2) is 9.78 Å². The lowest BCUT2D eigenvalue weighted by Gasteiger charge is -2.22. The van der Waals surface area contributed by atoms with Gasteiger partial charge in [0.1, 0.15) is 13.2 Å². The third-order valence-corrected chi connectivity index (χ3v) is 3.84. The Morgan fingerprint density at radius 3 is 2.79 bits per heavy atom. The van der Waals surface area contributed by atoms with Crippen LogP contribution in [0.4, 0.5) is 4.79 Å². The molecule has 0 saturated carbocycles. The molecule has 0 saturated heterocycles. The molecule has 2 N–H and O–H groups in total. The summed E-state index contributed by atoms with van der Waals surface area (Å²) >= 11 is 0. The maximum absolute atomic E-state index is 12.2. The van der Waals surface area contributed by atoms with E-state index in [1.165, 1.54) is 0 Å². The van der Waals surface area contributed by atoms with E-state index in [4.69, 9.17) is 9.47 Å². The molecule has 0 unspecified atom stereocenters. The van der Waals surface area contributed by atoms with Gasteiger partial charge in [0.15, 0.2) is 11.5 Å². The zero-order chi connectivity index (χ0) is 16.9. The molecule has 1 aromatic carbocycles. The van der Waals surface area contributed by atoms with Crippen LogP contribution in [0.25, 0.3) is 0 Å². The van der Waals surface area contributed by atoms with E-state index in [2.05, 4.69) is 15.6 Å². The smallest absolute Gasteiger partial charge is 0.315 e. The third kappa shape index (κ3) is 3.98. The van der Waals surface area contributed by atoms with E-state index in [1.807, 2.05) is 42.8 Å². The first-order valence-corrected chi connectivity index (χ1v) is 8.04. The predicted molar refractivity (Wildman–Crippen MR) is 89.2 cm³/mol. The number of hydrogen-bond acceptors (Lipinski definition) is 4. The van der Waals surface area contributed by atoms with E-state index in [1.54, 1.807) is 12.5 Å². The number of rotatable bonds is 5. The van der Waals surface area contributed by atoms with Gasteiger partial charge in [-0.1, -0.05) is 6.07 Å². The van der Waals surface area contributed by atoms with Crippen LogP contribution in [0.1, 0.15) is 25.5 Å². The summed E-state index contributed by atoms with van der Waals surface area (Å²) in [5.74, 6) is 1.47. The number of amides is 2. The highest BCUT2D eigenvalue weighted by Crippen LogP contribution is 2.32. The second-order valence-electron chi connectivity index (χ2n) is 5.90. The van der Waals surface area contributed by atoms with Crippen molar-refractivity contribution in [2.75, 3.05) is 13.2 Å². The van der Waals surface area contributed by atoms with Crippen LogP contribution in [0.5, 0.6) is 11.5 Å². The molecule has 1 aliphatic heterocycles. The lowest BCUT2D eigenvalue weighted by Crippen LogP contribution is -2.43. The number of benzene rings is 1. The summed E-state index contributed by atoms with van der Waals surface area (Å²) in [6, 6.07) is 5.38. The van der Waals surface area contributed by atoms with Gasteiger partial charge in [0.2, 0.25) is 0 Å². The van der Waals surface area contributed by atoms with Crippen LogP contribution < -0.4 is 20.1 Å². The Bertz CT molecular complexity index is 687. The molecule has 0 bridgehead atoms. The fraction of sp³-hybridized carbons (Fsp3) is 0.412. The van der Waals surface area contributed by atoms with Crippen molar-refractivity contribution in [3.05, 3.63) is 42.5 Å². The van der Waals surface area contributed by atoms with Crippen molar-refractivity contribution in [3.63, 3.8) is 0 Å². The summed E-state index contributed by atoms with van der Waals surface area (Å²) < 4.78 is 13.0. The summed E-state index contributed by atoms with van der Waals surface area (Å²) in [4.78, 5) is 16.1. The van der Waals surface area contributed by atoms with Gasteiger partial charge in [0, 0.05) is 25.0 Å². The van der Waals surface area contributed by atoms with Crippen LogP contribution in [0, 0.1) is 0 Å². The van der Waals surface area contributed by atoms with Gasteiger partial charge in [0.05, 0.1) is 12.4 Å². The highest BCUT2D eigenvalue weighted by atomic mass is 16.6. The molecule has 0 radical (unpaired) electrons. The van der Waals surface area contributed by atoms with Crippen LogP contribution in [0.15, 0.2) is 36.9 Å². The summed E-state index contributed by atoms with van der Waals surface area (Å²) in [5, 5.41) is 5.87. The summed E-state index contributed by atoms with van der Waals surface area (Å²) in [6.45, 7) is 5.67. The van der Waals surface area contributed by atoms with E-state index in [-0.39, 0.29) is 18.1 Å². The number of urea groups is 1. The van der Waals surface area contributed by atoms with Crippen molar-refractivity contribution in [1.29, 1.82) is 0 Å². The number of carbonyl (C=O) groups excluding carboxylic acids is 1. The minimum absolute atomic E-state index is 0.00772. The van der Waals surface area contributed by atoms with Crippen LogP contribution in [0.2, 0.25) is 0 Å². The summed E-state index contributed by atoms with van der Waals surface area (Å²) in [7, 11) is 0. The summed E-state index contributed by atoms with van der Waals surface area (Å²) in [5.41, 5.74) is 0.969. The topological polar surface area (TPSA) is 77.4 Å². The first-order valence-electron chi connectivity index (χ1n) is 8.04. The van der Waals surface area contributed by atoms with E-state index in [0.717, 1.165) is 17.1 Å². The number of hydrogen-bond donors (Lipinski definition) is 2. The number of nitrogens with one attached hydrogen (secondary N) is 2. The highest BCUT2D eigenvalue weighted by molar-refractivity contribution is 5.74. The zero-order valence-corrected chi connectivity index (χ0v) is 13.9. The lowest BCUT2D eigenvalue weighted by molar-refractivity contribution is 0.171. The maximum Gasteiger partial charge on any atom is 0.315 e. The monoisotopic (exact) mass is 330 g/mol. The van der Waals surface area contributed by atoms with Crippen molar-refractivity contribution >= 4 is 6.03 Å². The van der Waals surface area contributed by atoms with Crippen LogP contribution in [0.3, 0.4) is 0 Å². The Labute approximate surface area is 141 Å². The van der Waals surface area contributed by atoms with E-state index in [0.29, 0.717) is 19.8 Å². The van der Waals surface area contributed by atoms with Gasteiger partial charge in [-0.05, 0) is 31.5 Å². The molecule has 128 valence electrons. The molecule has 2 heterocycles. The highest BCUT2D eigenvalue weighted by Gasteiger charge is 2.16. The van der Waals surface area contributed by atoms with Crippen molar-refractivity contribution < 1.29 is 14.3 Å². The zero-order valence-electron chi connectivity index (χ0n) is 13.9. The fourth-order valence-electron chi connectivity index (χ4n) is 2.63. The first kappa shape index (κ1) is 16.2. The van der Waals surface area contributed by atoms with Gasteiger partial charge < -0.3 is 24.7 Å². The van der Waals surface area contributed by atoms with Crippen molar-refractivity contribution in [3.8, 4) is 11.5 Å². The van der Waals surface area contributed by atoms with Crippen LogP contribution in [-0.2, 0) is 6.54 Å². The van der Waals surface area contributed by atoms with Crippen molar-refractivity contribution in [1.82, 2.24) is 20.2 Å². The normalized spacial score (nSPS) is 15.4. The maximum atomic E-state index is 12.2. The van der Waals surface area contributed by atoms with Gasteiger partial charge in [-0.3, -0.25) is 0 Å². The molecule has 1 aliphatic rings. The first-order chi connectivity index (χ1) is 11.6. The van der Waals surface area contributed by atoms with Gasteiger partial charge >= 0.3 is 6.03 Å². The van der Waals surface area contributed by atoms with Crippen LogP contribution in [-0.4, -0.2) is 34.8 Å². The molecule has 0 aliphatic carbocycles. The Hall–Kier alpha value is -2.70. The molecule has 0 fully saturated rings. The molecule has 0 spiro atoms. The molecule has 2 aromatic rings. The second-order valence-corrected chi connectivity index (χ2v) is 5.90. The third-order valence-electron chi connectivity index (χ3n) is 3.84. The Morgan fingerprint density at radius 2 is 2.04 bits per heavy atom. The van der Waals surface area contributed by atoms with Gasteiger partial charge in [-0.15, -0.1) is 0 Å². The molecule has 3 rings (SSSR count). The van der Waals surface area contributed by atoms with E-state index in [9.17, 15) is 4.79 Å². The van der Waals surface area contributed by atoms with Crippen molar-refractivity contribution in [2.45, 2.75) is 32.5 Å². The SMILES string of the molecule is C[C@H](NC(=O)N[C@@H](C)Cn1ccnc1)c1ccc2c(c1)OCCO2. The number of carbonyl (C=O) groups is 1. The Balaban J connectivity index is 1.54. The summed E-state index contributed by atoms with van der Waals surface area (Å²) in [6.07, 6.45) is 5.32. The average molecular weight is 330 g/mol. The molecule has 2 amide bonds. The number of ether oxygens (including phenoxy) is 2. The number of fused-ring (bicyclic) bond motifs is 1. The molecule has 24 heavy (non-hydrogen) atoms. The van der Waals surface area contributed by atoms with Crippen molar-refractivity contribution in [2.24, 2.45) is 0 Å².